The van der Waals surface area contributed by atoms with Crippen LogP contribution in [0.5, 0.6) is 5.75 Å². The molecule has 1 N–H and O–H groups in total. The molecule has 2 aromatic carbocycles. The van der Waals surface area contributed by atoms with Gasteiger partial charge < -0.3 is 9.47 Å². The molecule has 168 valence electrons. The summed E-state index contributed by atoms with van der Waals surface area (Å²) < 4.78 is 37.9. The number of carbonyl (C=O) groups is 1. The number of sulfonamides is 1. The van der Waals surface area contributed by atoms with Gasteiger partial charge in [-0.2, -0.15) is 4.31 Å². The molecule has 9 nitrogen and oxygen atoms in total. The fraction of sp³-hybridized carbons (Fsp3) is 0.286. The first-order valence-corrected chi connectivity index (χ1v) is 12.1. The predicted molar refractivity (Wildman–Crippen MR) is 121 cm³/mol. The van der Waals surface area contributed by atoms with E-state index in [1.165, 1.54) is 21.7 Å². The van der Waals surface area contributed by atoms with Crippen LogP contribution in [0, 0.1) is 6.92 Å². The number of rotatable bonds is 6. The SMILES string of the molecule is COc1ccc(-c2nnc(NC(=O)c3ccc(C)c(S(=O)(=O)N4CCOCC4)c3)s2)cc1. The van der Waals surface area contributed by atoms with Gasteiger partial charge in [0.1, 0.15) is 10.8 Å². The van der Waals surface area contributed by atoms with Crippen molar-refractivity contribution in [1.82, 2.24) is 14.5 Å². The first kappa shape index (κ1) is 22.3. The standard InChI is InChI=1S/C21H22N4O5S2/c1-14-3-4-16(13-18(14)32(27,28)25-9-11-30-12-10-25)19(26)22-21-24-23-20(31-21)15-5-7-17(29-2)8-6-15/h3-8,13H,9-12H2,1-2H3,(H,22,24,26). The van der Waals surface area contributed by atoms with E-state index in [-0.39, 0.29) is 23.5 Å². The molecule has 0 bridgehead atoms. The summed E-state index contributed by atoms with van der Waals surface area (Å²) in [5.74, 6) is 0.273. The van der Waals surface area contributed by atoms with Crippen molar-refractivity contribution in [3.05, 3.63) is 53.6 Å². The van der Waals surface area contributed by atoms with Gasteiger partial charge in [0, 0.05) is 24.2 Å². The van der Waals surface area contributed by atoms with Gasteiger partial charge in [-0.05, 0) is 48.9 Å². The van der Waals surface area contributed by atoms with Crippen LogP contribution in [0.3, 0.4) is 0 Å². The second kappa shape index (κ2) is 9.33. The topological polar surface area (TPSA) is 111 Å². The Kier molecular flexibility index (Phi) is 6.51. The van der Waals surface area contributed by atoms with Crippen molar-refractivity contribution in [3.8, 4) is 16.3 Å². The largest absolute Gasteiger partial charge is 0.497 e. The van der Waals surface area contributed by atoms with Crippen LogP contribution in [-0.4, -0.2) is 62.2 Å². The lowest BCUT2D eigenvalue weighted by Gasteiger charge is -2.26. The van der Waals surface area contributed by atoms with Crippen molar-refractivity contribution < 1.29 is 22.7 Å². The molecule has 1 amide bonds. The maximum Gasteiger partial charge on any atom is 0.257 e. The number of carbonyl (C=O) groups excluding carboxylic acids is 1. The fourth-order valence-corrected chi connectivity index (χ4v) is 5.64. The highest BCUT2D eigenvalue weighted by molar-refractivity contribution is 7.89. The fourth-order valence-electron chi connectivity index (χ4n) is 3.24. The summed E-state index contributed by atoms with van der Waals surface area (Å²) >= 11 is 1.22. The molecule has 0 spiro atoms. The van der Waals surface area contributed by atoms with E-state index in [1.807, 2.05) is 24.3 Å². The average molecular weight is 475 g/mol. The minimum absolute atomic E-state index is 0.114. The maximum atomic E-state index is 13.1. The summed E-state index contributed by atoms with van der Waals surface area (Å²) in [6, 6.07) is 12.0. The normalized spacial score (nSPS) is 14.8. The zero-order valence-corrected chi connectivity index (χ0v) is 19.2. The highest BCUT2D eigenvalue weighted by Crippen LogP contribution is 2.28. The quantitative estimate of drug-likeness (QED) is 0.585. The Morgan fingerprint density at radius 1 is 1.12 bits per heavy atom. The van der Waals surface area contributed by atoms with Crippen molar-refractivity contribution in [2.45, 2.75) is 11.8 Å². The van der Waals surface area contributed by atoms with Gasteiger partial charge in [-0.3, -0.25) is 10.1 Å². The zero-order chi connectivity index (χ0) is 22.7. The van der Waals surface area contributed by atoms with Crippen LogP contribution in [-0.2, 0) is 14.8 Å². The highest BCUT2D eigenvalue weighted by atomic mass is 32.2. The van der Waals surface area contributed by atoms with Gasteiger partial charge in [0.2, 0.25) is 15.2 Å². The molecule has 2 heterocycles. The van der Waals surface area contributed by atoms with E-state index in [0.29, 0.717) is 28.9 Å². The van der Waals surface area contributed by atoms with Crippen LogP contribution in [0.2, 0.25) is 0 Å². The van der Waals surface area contributed by atoms with Gasteiger partial charge in [0.05, 0.1) is 25.2 Å². The Morgan fingerprint density at radius 2 is 1.84 bits per heavy atom. The Labute approximate surface area is 190 Å². The summed E-state index contributed by atoms with van der Waals surface area (Å²) in [5, 5.41) is 11.8. The second-order valence-corrected chi connectivity index (χ2v) is 9.98. The van der Waals surface area contributed by atoms with E-state index in [0.717, 1.165) is 11.3 Å². The molecule has 3 aromatic rings. The summed E-state index contributed by atoms with van der Waals surface area (Å²) in [6.07, 6.45) is 0. The number of nitrogens with one attached hydrogen (secondary N) is 1. The van der Waals surface area contributed by atoms with E-state index in [9.17, 15) is 13.2 Å². The molecule has 0 saturated carbocycles. The third-order valence-corrected chi connectivity index (χ3v) is 7.95. The van der Waals surface area contributed by atoms with Crippen molar-refractivity contribution in [2.24, 2.45) is 0 Å². The summed E-state index contributed by atoms with van der Waals surface area (Å²) in [4.78, 5) is 12.9. The van der Waals surface area contributed by atoms with Crippen molar-refractivity contribution in [3.63, 3.8) is 0 Å². The van der Waals surface area contributed by atoms with Crippen molar-refractivity contribution >= 4 is 32.4 Å². The third kappa shape index (κ3) is 4.65. The second-order valence-electron chi connectivity index (χ2n) is 7.09. The number of methoxy groups -OCH3 is 1. The van der Waals surface area contributed by atoms with Gasteiger partial charge in [0.15, 0.2) is 0 Å². The lowest BCUT2D eigenvalue weighted by atomic mass is 10.1. The van der Waals surface area contributed by atoms with Crippen LogP contribution >= 0.6 is 11.3 Å². The van der Waals surface area contributed by atoms with Crippen molar-refractivity contribution in [1.29, 1.82) is 0 Å². The number of aryl methyl sites for hydroxylation is 1. The Bertz CT molecular complexity index is 1220. The monoisotopic (exact) mass is 474 g/mol. The van der Waals surface area contributed by atoms with Gasteiger partial charge in [-0.25, -0.2) is 8.42 Å². The van der Waals surface area contributed by atoms with Crippen LogP contribution < -0.4 is 10.1 Å². The lowest BCUT2D eigenvalue weighted by Crippen LogP contribution is -2.40. The predicted octanol–water partition coefficient (Wildman–Crippen LogP) is 2.80. The van der Waals surface area contributed by atoms with E-state index < -0.39 is 15.9 Å². The number of ether oxygens (including phenoxy) is 2. The molecule has 1 saturated heterocycles. The Hall–Kier alpha value is -2.86. The first-order valence-electron chi connectivity index (χ1n) is 9.86. The molecule has 0 unspecified atom stereocenters. The van der Waals surface area contributed by atoms with Gasteiger partial charge >= 0.3 is 0 Å². The molecular formula is C21H22N4O5S2. The number of morpholine rings is 1. The van der Waals surface area contributed by atoms with E-state index in [2.05, 4.69) is 15.5 Å². The highest BCUT2D eigenvalue weighted by Gasteiger charge is 2.28. The minimum atomic E-state index is -3.72. The minimum Gasteiger partial charge on any atom is -0.497 e. The molecule has 1 aliphatic heterocycles. The molecule has 32 heavy (non-hydrogen) atoms. The molecule has 0 radical (unpaired) electrons. The Morgan fingerprint density at radius 3 is 2.53 bits per heavy atom. The summed E-state index contributed by atoms with van der Waals surface area (Å²) in [7, 11) is -2.13. The van der Waals surface area contributed by atoms with Crippen molar-refractivity contribution in [2.75, 3.05) is 38.7 Å². The number of aromatic nitrogens is 2. The zero-order valence-electron chi connectivity index (χ0n) is 17.6. The molecule has 4 rings (SSSR count). The van der Waals surface area contributed by atoms with E-state index in [4.69, 9.17) is 9.47 Å². The van der Waals surface area contributed by atoms with Gasteiger partial charge in [-0.15, -0.1) is 10.2 Å². The van der Waals surface area contributed by atoms with E-state index >= 15 is 0 Å². The third-order valence-electron chi connectivity index (χ3n) is 5.02. The molecule has 0 atom stereocenters. The number of nitrogens with zero attached hydrogens (tertiary/aromatic N) is 3. The summed E-state index contributed by atoms with van der Waals surface area (Å²) in [5.41, 5.74) is 1.65. The summed E-state index contributed by atoms with van der Waals surface area (Å²) in [6.45, 7) is 2.99. The molecule has 11 heteroatoms. The van der Waals surface area contributed by atoms with Crippen LogP contribution in [0.1, 0.15) is 15.9 Å². The number of anilines is 1. The number of amides is 1. The van der Waals surface area contributed by atoms with E-state index in [1.54, 1.807) is 26.2 Å². The molecule has 1 aliphatic rings. The van der Waals surface area contributed by atoms with Gasteiger partial charge in [-0.1, -0.05) is 17.4 Å². The lowest BCUT2D eigenvalue weighted by molar-refractivity contribution is 0.0730. The molecule has 1 fully saturated rings. The van der Waals surface area contributed by atoms with Crippen LogP contribution in [0.15, 0.2) is 47.4 Å². The Balaban J connectivity index is 1.53. The van der Waals surface area contributed by atoms with Gasteiger partial charge in [0.25, 0.3) is 5.91 Å². The number of hydrogen-bond donors (Lipinski definition) is 1. The average Bonchev–Trinajstić information content (AvgIpc) is 3.28. The molecular weight excluding hydrogens is 452 g/mol. The number of hydrogen-bond acceptors (Lipinski definition) is 8. The smallest absolute Gasteiger partial charge is 0.257 e. The maximum absolute atomic E-state index is 13.1. The number of benzene rings is 2. The molecule has 0 aliphatic carbocycles. The first-order chi connectivity index (χ1) is 15.4. The molecule has 1 aromatic heterocycles. The van der Waals surface area contributed by atoms with Crippen LogP contribution in [0.25, 0.3) is 10.6 Å². The van der Waals surface area contributed by atoms with Crippen LogP contribution in [0.4, 0.5) is 5.13 Å².